The Balaban J connectivity index is 1.39. The Labute approximate surface area is 159 Å². The van der Waals surface area contributed by atoms with Crippen LogP contribution in [0, 0.1) is 11.6 Å². The fourth-order valence-electron chi connectivity index (χ4n) is 2.95. The molecule has 140 valence electrons. The van der Waals surface area contributed by atoms with Gasteiger partial charge in [-0.3, -0.25) is 4.79 Å². The highest BCUT2D eigenvalue weighted by Crippen LogP contribution is 2.25. The van der Waals surface area contributed by atoms with Crippen LogP contribution in [0.4, 0.5) is 14.5 Å². The standard InChI is InChI=1S/C22H16F2N2O2/c23-16-6-8-18(19(24)12-16)20-13-25-22(28-20)10-9-21(27)26-17-7-5-14-3-1-2-4-15(14)11-17/h1-8,11-13H,9-10H2,(H,26,27). The molecule has 4 nitrogen and oxygen atoms in total. The van der Waals surface area contributed by atoms with E-state index in [1.54, 1.807) is 0 Å². The van der Waals surface area contributed by atoms with Crippen molar-refractivity contribution >= 4 is 22.4 Å². The molecule has 4 aromatic rings. The van der Waals surface area contributed by atoms with Crippen molar-refractivity contribution in [3.63, 3.8) is 0 Å². The lowest BCUT2D eigenvalue weighted by atomic mass is 10.1. The topological polar surface area (TPSA) is 55.1 Å². The highest BCUT2D eigenvalue weighted by atomic mass is 19.1. The monoisotopic (exact) mass is 378 g/mol. The van der Waals surface area contributed by atoms with Gasteiger partial charge in [0.25, 0.3) is 0 Å². The average Bonchev–Trinajstić information content (AvgIpc) is 3.15. The number of carbonyl (C=O) groups excluding carboxylic acids is 1. The van der Waals surface area contributed by atoms with Crippen LogP contribution in [0.3, 0.4) is 0 Å². The molecule has 0 saturated heterocycles. The van der Waals surface area contributed by atoms with Crippen molar-refractivity contribution in [3.05, 3.63) is 84.4 Å². The molecule has 0 saturated carbocycles. The molecule has 0 atom stereocenters. The molecule has 28 heavy (non-hydrogen) atoms. The van der Waals surface area contributed by atoms with Crippen molar-refractivity contribution in [3.8, 4) is 11.3 Å². The number of nitrogens with zero attached hydrogens (tertiary/aromatic N) is 1. The molecule has 4 rings (SSSR count). The molecule has 6 heteroatoms. The lowest BCUT2D eigenvalue weighted by Gasteiger charge is -2.06. The van der Waals surface area contributed by atoms with E-state index in [1.165, 1.54) is 12.3 Å². The summed E-state index contributed by atoms with van der Waals surface area (Å²) in [7, 11) is 0. The summed E-state index contributed by atoms with van der Waals surface area (Å²) in [6.45, 7) is 0. The van der Waals surface area contributed by atoms with Gasteiger partial charge in [-0.15, -0.1) is 0 Å². The molecule has 0 aliphatic rings. The SMILES string of the molecule is O=C(CCc1ncc(-c2ccc(F)cc2F)o1)Nc1ccc2ccccc2c1. The molecule has 3 aromatic carbocycles. The summed E-state index contributed by atoms with van der Waals surface area (Å²) in [4.78, 5) is 16.3. The Morgan fingerprint density at radius 1 is 1.00 bits per heavy atom. The van der Waals surface area contributed by atoms with Crippen molar-refractivity contribution in [1.29, 1.82) is 0 Å². The van der Waals surface area contributed by atoms with Crippen LogP contribution in [0.15, 0.2) is 71.3 Å². The summed E-state index contributed by atoms with van der Waals surface area (Å²) >= 11 is 0. The van der Waals surface area contributed by atoms with Crippen LogP contribution in [0.5, 0.6) is 0 Å². The average molecular weight is 378 g/mol. The smallest absolute Gasteiger partial charge is 0.224 e. The van der Waals surface area contributed by atoms with Crippen LogP contribution in [0.1, 0.15) is 12.3 Å². The molecule has 0 unspecified atom stereocenters. The molecule has 0 spiro atoms. The highest BCUT2D eigenvalue weighted by molar-refractivity contribution is 5.94. The first-order valence-corrected chi connectivity index (χ1v) is 8.77. The van der Waals surface area contributed by atoms with Gasteiger partial charge in [0.1, 0.15) is 11.6 Å². The zero-order valence-corrected chi connectivity index (χ0v) is 14.8. The van der Waals surface area contributed by atoms with E-state index in [4.69, 9.17) is 4.42 Å². The number of rotatable bonds is 5. The van der Waals surface area contributed by atoms with Gasteiger partial charge in [-0.25, -0.2) is 13.8 Å². The molecule has 0 fully saturated rings. The summed E-state index contributed by atoms with van der Waals surface area (Å²) in [6, 6.07) is 16.8. The predicted octanol–water partition coefficient (Wildman–Crippen LogP) is 5.34. The maximum Gasteiger partial charge on any atom is 0.224 e. The third-order valence-electron chi connectivity index (χ3n) is 4.35. The Bertz CT molecular complexity index is 1150. The molecular formula is C22H16F2N2O2. The number of aromatic nitrogens is 1. The molecule has 1 aromatic heterocycles. The number of anilines is 1. The number of amides is 1. The second-order valence-electron chi connectivity index (χ2n) is 6.35. The fourth-order valence-corrected chi connectivity index (χ4v) is 2.95. The summed E-state index contributed by atoms with van der Waals surface area (Å²) in [5.74, 6) is -1.05. The highest BCUT2D eigenvalue weighted by Gasteiger charge is 2.13. The summed E-state index contributed by atoms with van der Waals surface area (Å²) in [6.07, 6.45) is 1.80. The van der Waals surface area contributed by atoms with Gasteiger partial charge >= 0.3 is 0 Å². The fraction of sp³-hybridized carbons (Fsp3) is 0.0909. The Hall–Kier alpha value is -3.54. The number of oxazole rings is 1. The van der Waals surface area contributed by atoms with E-state index in [0.717, 1.165) is 22.9 Å². The van der Waals surface area contributed by atoms with Crippen LogP contribution >= 0.6 is 0 Å². The molecule has 0 aliphatic carbocycles. The van der Waals surface area contributed by atoms with Crippen molar-refractivity contribution in [2.45, 2.75) is 12.8 Å². The number of benzene rings is 3. The van der Waals surface area contributed by atoms with Crippen LogP contribution in [-0.2, 0) is 11.2 Å². The number of fused-ring (bicyclic) bond motifs is 1. The van der Waals surface area contributed by atoms with Gasteiger partial charge in [0.15, 0.2) is 11.7 Å². The molecule has 0 aliphatic heterocycles. The third kappa shape index (κ3) is 3.91. The van der Waals surface area contributed by atoms with Crippen molar-refractivity contribution in [2.75, 3.05) is 5.32 Å². The summed E-state index contributed by atoms with van der Waals surface area (Å²) in [5, 5.41) is 4.99. The Morgan fingerprint density at radius 2 is 1.82 bits per heavy atom. The number of hydrogen-bond donors (Lipinski definition) is 1. The molecular weight excluding hydrogens is 362 g/mol. The van der Waals surface area contributed by atoms with Gasteiger partial charge < -0.3 is 9.73 Å². The van der Waals surface area contributed by atoms with Crippen molar-refractivity contribution < 1.29 is 18.0 Å². The van der Waals surface area contributed by atoms with Crippen LogP contribution in [0.25, 0.3) is 22.1 Å². The summed E-state index contributed by atoms with van der Waals surface area (Å²) in [5.41, 5.74) is 0.839. The van der Waals surface area contributed by atoms with Gasteiger partial charge in [0.05, 0.1) is 11.8 Å². The van der Waals surface area contributed by atoms with Gasteiger partial charge in [-0.05, 0) is 35.0 Å². The number of hydrogen-bond acceptors (Lipinski definition) is 3. The first kappa shape index (κ1) is 17.9. The van der Waals surface area contributed by atoms with Gasteiger partial charge in [0.2, 0.25) is 5.91 Å². The lowest BCUT2D eigenvalue weighted by molar-refractivity contribution is -0.116. The lowest BCUT2D eigenvalue weighted by Crippen LogP contribution is -2.12. The van der Waals surface area contributed by atoms with Crippen LogP contribution < -0.4 is 5.32 Å². The normalized spacial score (nSPS) is 10.9. The second-order valence-corrected chi connectivity index (χ2v) is 6.35. The van der Waals surface area contributed by atoms with E-state index in [2.05, 4.69) is 10.3 Å². The number of aryl methyl sites for hydroxylation is 1. The van der Waals surface area contributed by atoms with Crippen molar-refractivity contribution in [2.24, 2.45) is 0 Å². The first-order chi connectivity index (χ1) is 13.6. The molecule has 0 radical (unpaired) electrons. The maximum atomic E-state index is 13.8. The predicted molar refractivity (Wildman–Crippen MR) is 103 cm³/mol. The second kappa shape index (κ2) is 7.60. The van der Waals surface area contributed by atoms with Gasteiger partial charge in [-0.1, -0.05) is 30.3 Å². The largest absolute Gasteiger partial charge is 0.441 e. The van der Waals surface area contributed by atoms with E-state index in [0.29, 0.717) is 11.6 Å². The molecule has 1 heterocycles. The van der Waals surface area contributed by atoms with Gasteiger partial charge in [-0.2, -0.15) is 0 Å². The molecule has 1 amide bonds. The van der Waals surface area contributed by atoms with E-state index in [-0.39, 0.29) is 30.1 Å². The van der Waals surface area contributed by atoms with Gasteiger partial charge in [0, 0.05) is 24.6 Å². The Morgan fingerprint density at radius 3 is 2.64 bits per heavy atom. The van der Waals surface area contributed by atoms with Crippen LogP contribution in [-0.4, -0.2) is 10.9 Å². The minimum absolute atomic E-state index is 0.126. The first-order valence-electron chi connectivity index (χ1n) is 8.77. The van der Waals surface area contributed by atoms with E-state index in [9.17, 15) is 13.6 Å². The minimum atomic E-state index is -0.725. The number of carbonyl (C=O) groups is 1. The van der Waals surface area contributed by atoms with Crippen LogP contribution in [0.2, 0.25) is 0 Å². The number of halogens is 2. The van der Waals surface area contributed by atoms with E-state index >= 15 is 0 Å². The van der Waals surface area contributed by atoms with Crippen molar-refractivity contribution in [1.82, 2.24) is 4.98 Å². The van der Waals surface area contributed by atoms with E-state index < -0.39 is 11.6 Å². The van der Waals surface area contributed by atoms with E-state index in [1.807, 2.05) is 42.5 Å². The number of nitrogens with one attached hydrogen (secondary N) is 1. The third-order valence-corrected chi connectivity index (χ3v) is 4.35. The quantitative estimate of drug-likeness (QED) is 0.510. The molecule has 1 N–H and O–H groups in total. The Kier molecular flexibility index (Phi) is 4.85. The minimum Gasteiger partial charge on any atom is -0.441 e. The zero-order valence-electron chi connectivity index (χ0n) is 14.8. The maximum absolute atomic E-state index is 13.8. The summed E-state index contributed by atoms with van der Waals surface area (Å²) < 4.78 is 32.3. The molecule has 0 bridgehead atoms. The zero-order chi connectivity index (χ0) is 19.5.